The first kappa shape index (κ1) is 15.0. The SMILES string of the molecule is CCC(Nc1nc(N)cc(N)c1[N+](=O)[O-])OC(C)C. The molecule has 0 aliphatic carbocycles. The molecule has 0 bridgehead atoms. The summed E-state index contributed by atoms with van der Waals surface area (Å²) in [6.45, 7) is 5.64. The molecule has 0 saturated heterocycles. The van der Waals surface area contributed by atoms with E-state index in [2.05, 4.69) is 10.3 Å². The predicted octanol–water partition coefficient (Wildman–Crippen LogP) is 1.73. The van der Waals surface area contributed by atoms with E-state index < -0.39 is 11.2 Å². The molecule has 106 valence electrons. The molecular formula is C11H19N5O3. The molecule has 1 atom stereocenters. The van der Waals surface area contributed by atoms with Crippen LogP contribution in [0.2, 0.25) is 0 Å². The molecule has 0 spiro atoms. The van der Waals surface area contributed by atoms with Crippen molar-refractivity contribution in [3.05, 3.63) is 16.2 Å². The monoisotopic (exact) mass is 269 g/mol. The Balaban J connectivity index is 3.07. The highest BCUT2D eigenvalue weighted by atomic mass is 16.6. The van der Waals surface area contributed by atoms with Crippen LogP contribution in [0.15, 0.2) is 6.07 Å². The van der Waals surface area contributed by atoms with Crippen LogP contribution in [0.4, 0.5) is 23.0 Å². The number of hydrogen-bond donors (Lipinski definition) is 3. The average Bonchev–Trinajstić information content (AvgIpc) is 2.25. The Morgan fingerprint density at radius 1 is 1.53 bits per heavy atom. The van der Waals surface area contributed by atoms with E-state index in [1.54, 1.807) is 0 Å². The van der Waals surface area contributed by atoms with Gasteiger partial charge in [0, 0.05) is 6.07 Å². The van der Waals surface area contributed by atoms with Crippen molar-refractivity contribution in [3.8, 4) is 0 Å². The summed E-state index contributed by atoms with van der Waals surface area (Å²) in [5, 5.41) is 13.9. The molecule has 0 saturated carbocycles. The molecule has 5 N–H and O–H groups in total. The molecule has 0 aliphatic rings. The van der Waals surface area contributed by atoms with Gasteiger partial charge in [0.05, 0.1) is 11.0 Å². The smallest absolute Gasteiger partial charge is 0.334 e. The Labute approximate surface area is 111 Å². The van der Waals surface area contributed by atoms with Crippen LogP contribution in [0, 0.1) is 10.1 Å². The fraction of sp³-hybridized carbons (Fsp3) is 0.545. The van der Waals surface area contributed by atoms with Gasteiger partial charge < -0.3 is 21.5 Å². The van der Waals surface area contributed by atoms with Gasteiger partial charge in [-0.25, -0.2) is 4.98 Å². The van der Waals surface area contributed by atoms with Crippen molar-refractivity contribution in [1.29, 1.82) is 0 Å². The maximum absolute atomic E-state index is 11.0. The summed E-state index contributed by atoms with van der Waals surface area (Å²) in [6.07, 6.45) is 0.202. The third-order valence-corrected chi connectivity index (χ3v) is 2.33. The molecule has 0 aliphatic heterocycles. The molecule has 1 aromatic rings. The van der Waals surface area contributed by atoms with Crippen LogP contribution in [-0.4, -0.2) is 22.2 Å². The Bertz CT molecular complexity index is 464. The van der Waals surface area contributed by atoms with Crippen LogP contribution >= 0.6 is 0 Å². The molecule has 1 heterocycles. The number of nitro groups is 1. The Hall–Kier alpha value is -2.09. The number of ether oxygens (including phenoxy) is 1. The van der Waals surface area contributed by atoms with Crippen molar-refractivity contribution in [1.82, 2.24) is 4.98 Å². The van der Waals surface area contributed by atoms with Crippen LogP contribution in [-0.2, 0) is 4.74 Å². The minimum absolute atomic E-state index is 0.0186. The zero-order valence-corrected chi connectivity index (χ0v) is 11.2. The standard InChI is InChI=1S/C11H19N5O3/c1-4-9(19-6(2)3)15-11-10(16(17)18)7(12)5-8(13)14-11/h5-6,9H,4H2,1-3H3,(H5,12,13,14,15). The van der Waals surface area contributed by atoms with Crippen molar-refractivity contribution >= 4 is 23.0 Å². The lowest BCUT2D eigenvalue weighted by atomic mass is 10.3. The van der Waals surface area contributed by atoms with Crippen molar-refractivity contribution in [2.24, 2.45) is 0 Å². The summed E-state index contributed by atoms with van der Waals surface area (Å²) < 4.78 is 5.56. The number of hydrogen-bond acceptors (Lipinski definition) is 7. The van der Waals surface area contributed by atoms with Gasteiger partial charge in [0.2, 0.25) is 5.82 Å². The summed E-state index contributed by atoms with van der Waals surface area (Å²) in [7, 11) is 0. The summed E-state index contributed by atoms with van der Waals surface area (Å²) >= 11 is 0. The van der Waals surface area contributed by atoms with E-state index in [0.29, 0.717) is 6.42 Å². The molecule has 0 radical (unpaired) electrons. The van der Waals surface area contributed by atoms with Crippen LogP contribution < -0.4 is 16.8 Å². The molecule has 19 heavy (non-hydrogen) atoms. The number of anilines is 3. The molecule has 0 fully saturated rings. The average molecular weight is 269 g/mol. The van der Waals surface area contributed by atoms with E-state index in [-0.39, 0.29) is 29.1 Å². The normalized spacial score (nSPS) is 12.4. The number of rotatable bonds is 6. The second kappa shape index (κ2) is 6.19. The fourth-order valence-corrected chi connectivity index (χ4v) is 1.58. The van der Waals surface area contributed by atoms with Gasteiger partial charge in [0.25, 0.3) is 0 Å². The first-order valence-electron chi connectivity index (χ1n) is 5.97. The summed E-state index contributed by atoms with van der Waals surface area (Å²) in [4.78, 5) is 14.3. The van der Waals surface area contributed by atoms with Gasteiger partial charge in [-0.2, -0.15) is 0 Å². The summed E-state index contributed by atoms with van der Waals surface area (Å²) in [5.74, 6) is 0.139. The van der Waals surface area contributed by atoms with Gasteiger partial charge in [0.15, 0.2) is 0 Å². The van der Waals surface area contributed by atoms with Gasteiger partial charge in [0.1, 0.15) is 17.7 Å². The fourth-order valence-electron chi connectivity index (χ4n) is 1.58. The number of aromatic nitrogens is 1. The van der Waals surface area contributed by atoms with E-state index in [1.807, 2.05) is 20.8 Å². The second-order valence-electron chi connectivity index (χ2n) is 4.32. The maximum atomic E-state index is 11.0. The number of nitrogens with zero attached hydrogens (tertiary/aromatic N) is 2. The van der Waals surface area contributed by atoms with Gasteiger partial charge in [-0.05, 0) is 20.3 Å². The maximum Gasteiger partial charge on any atom is 0.334 e. The Morgan fingerprint density at radius 3 is 2.63 bits per heavy atom. The van der Waals surface area contributed by atoms with Gasteiger partial charge >= 0.3 is 5.69 Å². The van der Waals surface area contributed by atoms with E-state index >= 15 is 0 Å². The molecule has 1 rings (SSSR count). The molecule has 8 nitrogen and oxygen atoms in total. The minimum atomic E-state index is -0.591. The summed E-state index contributed by atoms with van der Waals surface area (Å²) in [6, 6.07) is 1.26. The van der Waals surface area contributed by atoms with E-state index in [1.165, 1.54) is 6.07 Å². The lowest BCUT2D eigenvalue weighted by molar-refractivity contribution is -0.383. The number of pyridine rings is 1. The van der Waals surface area contributed by atoms with Gasteiger partial charge in [-0.3, -0.25) is 10.1 Å². The highest BCUT2D eigenvalue weighted by molar-refractivity contribution is 5.74. The van der Waals surface area contributed by atoms with E-state index in [4.69, 9.17) is 16.2 Å². The zero-order chi connectivity index (χ0) is 14.6. The topological polar surface area (TPSA) is 129 Å². The highest BCUT2D eigenvalue weighted by Gasteiger charge is 2.23. The summed E-state index contributed by atoms with van der Waals surface area (Å²) in [5.41, 5.74) is 10.8. The lowest BCUT2D eigenvalue weighted by Crippen LogP contribution is -2.26. The van der Waals surface area contributed by atoms with Gasteiger partial charge in [-0.1, -0.05) is 6.92 Å². The zero-order valence-electron chi connectivity index (χ0n) is 11.2. The van der Waals surface area contributed by atoms with Crippen molar-refractivity contribution in [3.63, 3.8) is 0 Å². The Kier molecular flexibility index (Phi) is 4.87. The minimum Gasteiger partial charge on any atom is -0.393 e. The molecule has 1 unspecified atom stereocenters. The molecule has 8 heteroatoms. The van der Waals surface area contributed by atoms with Crippen molar-refractivity contribution < 1.29 is 9.66 Å². The van der Waals surface area contributed by atoms with E-state index in [9.17, 15) is 10.1 Å². The quantitative estimate of drug-likeness (QED) is 0.407. The van der Waals surface area contributed by atoms with Gasteiger partial charge in [-0.15, -0.1) is 0 Å². The van der Waals surface area contributed by atoms with E-state index in [0.717, 1.165) is 0 Å². The Morgan fingerprint density at radius 2 is 2.16 bits per heavy atom. The molecular weight excluding hydrogens is 250 g/mol. The third-order valence-electron chi connectivity index (χ3n) is 2.33. The largest absolute Gasteiger partial charge is 0.393 e. The second-order valence-corrected chi connectivity index (χ2v) is 4.32. The lowest BCUT2D eigenvalue weighted by Gasteiger charge is -2.21. The predicted molar refractivity (Wildman–Crippen MR) is 73.6 cm³/mol. The van der Waals surface area contributed by atoms with Crippen molar-refractivity contribution in [2.75, 3.05) is 16.8 Å². The molecule has 0 amide bonds. The number of nitrogen functional groups attached to an aromatic ring is 2. The van der Waals surface area contributed by atoms with Crippen LogP contribution in [0.1, 0.15) is 27.2 Å². The molecule has 0 aromatic carbocycles. The molecule has 1 aromatic heterocycles. The third kappa shape index (κ3) is 3.95. The number of nitrogens with one attached hydrogen (secondary N) is 1. The van der Waals surface area contributed by atoms with Crippen LogP contribution in [0.5, 0.6) is 0 Å². The first-order valence-corrected chi connectivity index (χ1v) is 5.97. The van der Waals surface area contributed by atoms with Crippen LogP contribution in [0.3, 0.4) is 0 Å². The highest BCUT2D eigenvalue weighted by Crippen LogP contribution is 2.31. The van der Waals surface area contributed by atoms with Crippen LogP contribution in [0.25, 0.3) is 0 Å². The number of nitrogens with two attached hydrogens (primary N) is 2. The first-order chi connectivity index (χ1) is 8.85. The van der Waals surface area contributed by atoms with Crippen molar-refractivity contribution in [2.45, 2.75) is 39.5 Å².